The normalized spacial score (nSPS) is 22.6. The van der Waals surface area contributed by atoms with Gasteiger partial charge >= 0.3 is 6.18 Å². The third kappa shape index (κ3) is 3.64. The SMILES string of the molecule is O=C1C(C2CCC(c3ccc(Cl)cc3)CC2)=C(C(F)(F)F)C(=O)c2ccccc21. The molecule has 2 aliphatic rings. The molecule has 0 N–H and O–H groups in total. The third-order valence-electron chi connectivity index (χ3n) is 5.92. The molecule has 4 rings (SSSR count). The Balaban J connectivity index is 1.66. The van der Waals surface area contributed by atoms with Gasteiger partial charge in [0.1, 0.15) is 5.57 Å². The Hall–Kier alpha value is -2.40. The van der Waals surface area contributed by atoms with Crippen LogP contribution in [0.25, 0.3) is 0 Å². The minimum atomic E-state index is -4.86. The van der Waals surface area contributed by atoms with Crippen molar-refractivity contribution in [3.05, 3.63) is 81.4 Å². The van der Waals surface area contributed by atoms with Crippen molar-refractivity contribution in [2.45, 2.75) is 37.8 Å². The quantitative estimate of drug-likeness (QED) is 0.554. The van der Waals surface area contributed by atoms with Crippen LogP contribution in [0.2, 0.25) is 5.02 Å². The van der Waals surface area contributed by atoms with E-state index >= 15 is 0 Å². The van der Waals surface area contributed by atoms with Crippen LogP contribution in [0.3, 0.4) is 0 Å². The van der Waals surface area contributed by atoms with E-state index in [4.69, 9.17) is 11.6 Å². The second-order valence-electron chi connectivity index (χ2n) is 7.59. The Morgan fingerprint density at radius 2 is 1.28 bits per heavy atom. The molecule has 6 heteroatoms. The fourth-order valence-electron chi connectivity index (χ4n) is 4.52. The van der Waals surface area contributed by atoms with Crippen LogP contribution in [0, 0.1) is 5.92 Å². The lowest BCUT2D eigenvalue weighted by atomic mass is 9.70. The smallest absolute Gasteiger partial charge is 0.289 e. The number of halogens is 4. The van der Waals surface area contributed by atoms with Gasteiger partial charge in [0, 0.05) is 21.7 Å². The van der Waals surface area contributed by atoms with Gasteiger partial charge < -0.3 is 0 Å². The number of ketones is 2. The van der Waals surface area contributed by atoms with Crippen LogP contribution in [0.4, 0.5) is 13.2 Å². The van der Waals surface area contributed by atoms with Gasteiger partial charge in [-0.2, -0.15) is 13.2 Å². The molecule has 150 valence electrons. The van der Waals surface area contributed by atoms with Crippen LogP contribution in [-0.2, 0) is 0 Å². The summed E-state index contributed by atoms with van der Waals surface area (Å²) < 4.78 is 41.4. The van der Waals surface area contributed by atoms with E-state index in [0.717, 1.165) is 5.56 Å². The van der Waals surface area contributed by atoms with E-state index in [-0.39, 0.29) is 22.6 Å². The molecule has 2 aliphatic carbocycles. The van der Waals surface area contributed by atoms with E-state index in [9.17, 15) is 22.8 Å². The van der Waals surface area contributed by atoms with Gasteiger partial charge in [0.2, 0.25) is 0 Å². The number of fused-ring (bicyclic) bond motifs is 1. The number of carbonyl (C=O) groups is 2. The van der Waals surface area contributed by atoms with E-state index in [1.807, 2.05) is 12.1 Å². The van der Waals surface area contributed by atoms with Gasteiger partial charge in [0.15, 0.2) is 11.6 Å². The second-order valence-corrected chi connectivity index (χ2v) is 8.03. The van der Waals surface area contributed by atoms with E-state index < -0.39 is 29.2 Å². The van der Waals surface area contributed by atoms with Crippen molar-refractivity contribution in [1.29, 1.82) is 0 Å². The van der Waals surface area contributed by atoms with Gasteiger partial charge in [-0.25, -0.2) is 0 Å². The summed E-state index contributed by atoms with van der Waals surface area (Å²) in [5.41, 5.74) is -0.634. The highest BCUT2D eigenvalue weighted by molar-refractivity contribution is 6.30. The Morgan fingerprint density at radius 3 is 1.83 bits per heavy atom. The minimum absolute atomic E-state index is 0.0697. The molecule has 2 nitrogen and oxygen atoms in total. The summed E-state index contributed by atoms with van der Waals surface area (Å²) >= 11 is 5.92. The second kappa shape index (κ2) is 7.45. The first kappa shape index (κ1) is 19.9. The van der Waals surface area contributed by atoms with Crippen molar-refractivity contribution in [2.75, 3.05) is 0 Å². The summed E-state index contributed by atoms with van der Waals surface area (Å²) in [6.07, 6.45) is -2.68. The van der Waals surface area contributed by atoms with Crippen LogP contribution in [0.5, 0.6) is 0 Å². The number of Topliss-reactive ketones (excluding diaryl/α,β-unsaturated/α-hetero) is 2. The summed E-state index contributed by atoms with van der Waals surface area (Å²) in [5.74, 6) is -2.12. The summed E-state index contributed by atoms with van der Waals surface area (Å²) in [6.45, 7) is 0. The first-order valence-electron chi connectivity index (χ1n) is 9.52. The maximum Gasteiger partial charge on any atom is 0.420 e. The van der Waals surface area contributed by atoms with E-state index in [2.05, 4.69) is 0 Å². The van der Waals surface area contributed by atoms with Gasteiger partial charge in [-0.3, -0.25) is 9.59 Å². The summed E-state index contributed by atoms with van der Waals surface area (Å²) in [5, 5.41) is 0.632. The molecule has 2 aromatic rings. The number of rotatable bonds is 2. The molecule has 1 fully saturated rings. The van der Waals surface area contributed by atoms with Gasteiger partial charge in [-0.15, -0.1) is 0 Å². The Bertz CT molecular complexity index is 998. The lowest BCUT2D eigenvalue weighted by Crippen LogP contribution is -2.34. The van der Waals surface area contributed by atoms with Crippen molar-refractivity contribution in [2.24, 2.45) is 5.92 Å². The largest absolute Gasteiger partial charge is 0.420 e. The molecule has 0 bridgehead atoms. The van der Waals surface area contributed by atoms with Crippen LogP contribution in [0.15, 0.2) is 59.7 Å². The summed E-state index contributed by atoms with van der Waals surface area (Å²) in [6, 6.07) is 13.2. The summed E-state index contributed by atoms with van der Waals surface area (Å²) in [4.78, 5) is 25.6. The predicted octanol–water partition coefficient (Wildman–Crippen LogP) is 6.55. The highest BCUT2D eigenvalue weighted by atomic mass is 35.5. The van der Waals surface area contributed by atoms with Crippen molar-refractivity contribution >= 4 is 23.2 Å². The monoisotopic (exact) mass is 418 g/mol. The number of alkyl halides is 3. The Kier molecular flexibility index (Phi) is 5.11. The van der Waals surface area contributed by atoms with Crippen molar-refractivity contribution in [1.82, 2.24) is 0 Å². The van der Waals surface area contributed by atoms with E-state index in [0.29, 0.717) is 30.7 Å². The molecular weight excluding hydrogens is 401 g/mol. The van der Waals surface area contributed by atoms with Gasteiger partial charge in [0.25, 0.3) is 0 Å². The molecule has 1 saturated carbocycles. The maximum absolute atomic E-state index is 13.8. The average molecular weight is 419 g/mol. The number of benzene rings is 2. The minimum Gasteiger partial charge on any atom is -0.289 e. The Labute approximate surface area is 171 Å². The van der Waals surface area contributed by atoms with Crippen molar-refractivity contribution in [3.63, 3.8) is 0 Å². The predicted molar refractivity (Wildman–Crippen MR) is 104 cm³/mol. The number of hydrogen-bond donors (Lipinski definition) is 0. The molecule has 0 atom stereocenters. The van der Waals surface area contributed by atoms with Crippen molar-refractivity contribution < 1.29 is 22.8 Å². The Morgan fingerprint density at radius 1 is 0.759 bits per heavy atom. The van der Waals surface area contributed by atoms with E-state index in [1.54, 1.807) is 18.2 Å². The summed E-state index contributed by atoms with van der Waals surface area (Å²) in [7, 11) is 0. The standard InChI is InChI=1S/C23H18ClF3O2/c24-16-11-9-14(10-12-16)13-5-7-15(8-6-13)19-20(23(25,26)27)22(29)18-4-2-1-3-17(18)21(19)28/h1-4,9-13,15H,5-8H2. The molecule has 0 aliphatic heterocycles. The first-order chi connectivity index (χ1) is 13.8. The maximum atomic E-state index is 13.8. The molecule has 0 spiro atoms. The van der Waals surface area contributed by atoms with E-state index in [1.165, 1.54) is 18.2 Å². The first-order valence-corrected chi connectivity index (χ1v) is 9.90. The fraction of sp³-hybridized carbons (Fsp3) is 0.304. The van der Waals surface area contributed by atoms with Gasteiger partial charge in [-0.1, -0.05) is 48.0 Å². The number of allylic oxidation sites excluding steroid dienone is 2. The molecule has 0 radical (unpaired) electrons. The fourth-order valence-corrected chi connectivity index (χ4v) is 4.64. The van der Waals surface area contributed by atoms with Crippen LogP contribution >= 0.6 is 11.6 Å². The topological polar surface area (TPSA) is 34.1 Å². The molecule has 0 unspecified atom stereocenters. The number of carbonyl (C=O) groups excluding carboxylic acids is 2. The molecule has 0 aromatic heterocycles. The van der Waals surface area contributed by atoms with Crippen LogP contribution in [-0.4, -0.2) is 17.7 Å². The number of hydrogen-bond acceptors (Lipinski definition) is 2. The lowest BCUT2D eigenvalue weighted by Gasteiger charge is -2.33. The molecule has 0 amide bonds. The third-order valence-corrected chi connectivity index (χ3v) is 6.17. The lowest BCUT2D eigenvalue weighted by molar-refractivity contribution is -0.0901. The zero-order chi connectivity index (χ0) is 20.8. The van der Waals surface area contributed by atoms with Crippen molar-refractivity contribution in [3.8, 4) is 0 Å². The molecule has 0 heterocycles. The van der Waals surface area contributed by atoms with Gasteiger partial charge in [-0.05, 0) is 55.2 Å². The average Bonchev–Trinajstić information content (AvgIpc) is 2.70. The van der Waals surface area contributed by atoms with Crippen LogP contribution < -0.4 is 0 Å². The van der Waals surface area contributed by atoms with Crippen LogP contribution in [0.1, 0.15) is 57.9 Å². The molecule has 2 aromatic carbocycles. The highest BCUT2D eigenvalue weighted by Gasteiger charge is 2.48. The molecule has 0 saturated heterocycles. The zero-order valence-electron chi connectivity index (χ0n) is 15.4. The molecular formula is C23H18ClF3O2. The zero-order valence-corrected chi connectivity index (χ0v) is 16.2. The van der Waals surface area contributed by atoms with Gasteiger partial charge in [0.05, 0.1) is 0 Å². The highest BCUT2D eigenvalue weighted by Crippen LogP contribution is 2.45. The molecule has 29 heavy (non-hydrogen) atoms.